The van der Waals surface area contributed by atoms with Gasteiger partial charge in [-0.15, -0.1) is 0 Å². The fourth-order valence-corrected chi connectivity index (χ4v) is 2.46. The van der Waals surface area contributed by atoms with E-state index in [-0.39, 0.29) is 18.4 Å². The lowest BCUT2D eigenvalue weighted by Gasteiger charge is -2.09. The van der Waals surface area contributed by atoms with Gasteiger partial charge in [0.1, 0.15) is 5.76 Å². The smallest absolute Gasteiger partial charge is 0.251 e. The number of anilines is 1. The van der Waals surface area contributed by atoms with Crippen molar-refractivity contribution >= 4 is 17.5 Å². The van der Waals surface area contributed by atoms with Crippen molar-refractivity contribution in [2.75, 3.05) is 11.9 Å². The third kappa shape index (κ3) is 5.74. The van der Waals surface area contributed by atoms with Gasteiger partial charge in [-0.2, -0.15) is 0 Å². The number of furan rings is 1. The third-order valence-corrected chi connectivity index (χ3v) is 3.94. The van der Waals surface area contributed by atoms with E-state index in [2.05, 4.69) is 16.0 Å². The number of benzene rings is 2. The Morgan fingerprint density at radius 1 is 0.815 bits per heavy atom. The molecule has 0 atom stereocenters. The fourth-order valence-electron chi connectivity index (χ4n) is 2.46. The van der Waals surface area contributed by atoms with E-state index in [1.165, 1.54) is 0 Å². The average Bonchev–Trinajstić information content (AvgIpc) is 3.24. The molecule has 0 spiro atoms. The largest absolute Gasteiger partial charge is 0.467 e. The van der Waals surface area contributed by atoms with Gasteiger partial charge in [-0.25, -0.2) is 0 Å². The van der Waals surface area contributed by atoms with Crippen molar-refractivity contribution in [3.63, 3.8) is 0 Å². The van der Waals surface area contributed by atoms with E-state index in [0.717, 1.165) is 11.3 Å². The predicted molar refractivity (Wildman–Crippen MR) is 103 cm³/mol. The van der Waals surface area contributed by atoms with Crippen molar-refractivity contribution in [2.45, 2.75) is 13.1 Å². The van der Waals surface area contributed by atoms with Gasteiger partial charge in [-0.1, -0.05) is 30.3 Å². The predicted octanol–water partition coefficient (Wildman–Crippen LogP) is 2.94. The van der Waals surface area contributed by atoms with Crippen LogP contribution in [0.4, 0.5) is 5.69 Å². The number of hydrogen-bond acceptors (Lipinski definition) is 4. The highest BCUT2D eigenvalue weighted by atomic mass is 16.3. The van der Waals surface area contributed by atoms with Crippen LogP contribution >= 0.6 is 0 Å². The molecule has 0 aliphatic rings. The Morgan fingerprint density at radius 3 is 2.30 bits per heavy atom. The van der Waals surface area contributed by atoms with E-state index in [0.29, 0.717) is 24.4 Å². The Bertz CT molecular complexity index is 859. The summed E-state index contributed by atoms with van der Waals surface area (Å²) in [6, 6.07) is 20.3. The number of carbonyl (C=O) groups excluding carboxylic acids is 2. The van der Waals surface area contributed by atoms with Crippen LogP contribution in [0.2, 0.25) is 0 Å². The summed E-state index contributed by atoms with van der Waals surface area (Å²) in [5.74, 6) is 0.423. The van der Waals surface area contributed by atoms with Crippen LogP contribution in [0.5, 0.6) is 0 Å². The standard InChI is InChI=1S/C21H21N3O3/c25-20(23-14-19-7-4-12-27-19)15-22-18-10-8-17(9-11-18)21(26)24-13-16-5-2-1-3-6-16/h1-12,22H,13-15H2,(H,23,25)(H,24,26). The summed E-state index contributed by atoms with van der Waals surface area (Å²) >= 11 is 0. The van der Waals surface area contributed by atoms with Crippen molar-refractivity contribution in [3.05, 3.63) is 89.9 Å². The molecule has 6 heteroatoms. The van der Waals surface area contributed by atoms with Crippen LogP contribution in [0.15, 0.2) is 77.4 Å². The van der Waals surface area contributed by atoms with Gasteiger partial charge in [0.15, 0.2) is 0 Å². The number of rotatable bonds is 8. The zero-order valence-electron chi connectivity index (χ0n) is 14.8. The second-order valence-corrected chi connectivity index (χ2v) is 5.96. The number of nitrogens with one attached hydrogen (secondary N) is 3. The lowest BCUT2D eigenvalue weighted by atomic mass is 10.1. The van der Waals surface area contributed by atoms with E-state index >= 15 is 0 Å². The minimum absolute atomic E-state index is 0.137. The molecular weight excluding hydrogens is 342 g/mol. The Balaban J connectivity index is 1.42. The van der Waals surface area contributed by atoms with Crippen molar-refractivity contribution in [2.24, 2.45) is 0 Å². The maximum absolute atomic E-state index is 12.2. The molecule has 3 N–H and O–H groups in total. The maximum atomic E-state index is 12.2. The zero-order valence-corrected chi connectivity index (χ0v) is 14.8. The van der Waals surface area contributed by atoms with Crippen molar-refractivity contribution in [1.82, 2.24) is 10.6 Å². The van der Waals surface area contributed by atoms with Crippen LogP contribution < -0.4 is 16.0 Å². The Kier molecular flexibility index (Phi) is 6.25. The molecule has 0 unspecified atom stereocenters. The second-order valence-electron chi connectivity index (χ2n) is 5.96. The minimum Gasteiger partial charge on any atom is -0.467 e. The SMILES string of the molecule is O=C(CNc1ccc(C(=O)NCc2ccccc2)cc1)NCc1ccco1. The van der Waals surface area contributed by atoms with Crippen LogP contribution in [0.25, 0.3) is 0 Å². The summed E-state index contributed by atoms with van der Waals surface area (Å²) in [5.41, 5.74) is 2.38. The molecule has 0 saturated carbocycles. The molecule has 6 nitrogen and oxygen atoms in total. The number of carbonyl (C=O) groups is 2. The lowest BCUT2D eigenvalue weighted by molar-refractivity contribution is -0.119. The van der Waals surface area contributed by atoms with Crippen LogP contribution in [0, 0.1) is 0 Å². The van der Waals surface area contributed by atoms with Gasteiger partial charge < -0.3 is 20.4 Å². The highest BCUT2D eigenvalue weighted by Gasteiger charge is 2.06. The topological polar surface area (TPSA) is 83.4 Å². The quantitative estimate of drug-likeness (QED) is 0.575. The van der Waals surface area contributed by atoms with Crippen LogP contribution in [0.3, 0.4) is 0 Å². The van der Waals surface area contributed by atoms with E-state index in [9.17, 15) is 9.59 Å². The molecule has 27 heavy (non-hydrogen) atoms. The van der Waals surface area contributed by atoms with E-state index in [1.54, 1.807) is 42.7 Å². The van der Waals surface area contributed by atoms with Gasteiger partial charge in [-0.05, 0) is 42.0 Å². The van der Waals surface area contributed by atoms with Crippen molar-refractivity contribution < 1.29 is 14.0 Å². The van der Waals surface area contributed by atoms with Crippen LogP contribution in [-0.4, -0.2) is 18.4 Å². The molecule has 3 aromatic rings. The van der Waals surface area contributed by atoms with E-state index in [4.69, 9.17) is 4.42 Å². The van der Waals surface area contributed by atoms with Gasteiger partial charge in [0.2, 0.25) is 5.91 Å². The monoisotopic (exact) mass is 363 g/mol. The Labute approximate surface area is 157 Å². The average molecular weight is 363 g/mol. The van der Waals surface area contributed by atoms with Crippen LogP contribution in [0.1, 0.15) is 21.7 Å². The molecule has 0 fully saturated rings. The molecular formula is C21H21N3O3. The summed E-state index contributed by atoms with van der Waals surface area (Å²) in [6.07, 6.45) is 1.57. The van der Waals surface area contributed by atoms with Gasteiger partial charge in [0.05, 0.1) is 19.4 Å². The first-order valence-corrected chi connectivity index (χ1v) is 8.66. The summed E-state index contributed by atoms with van der Waals surface area (Å²) in [6.45, 7) is 0.976. The third-order valence-electron chi connectivity index (χ3n) is 3.94. The molecule has 3 rings (SSSR count). The molecule has 0 bridgehead atoms. The van der Waals surface area contributed by atoms with Gasteiger partial charge in [0, 0.05) is 17.8 Å². The summed E-state index contributed by atoms with van der Waals surface area (Å²) in [5, 5.41) is 8.66. The van der Waals surface area contributed by atoms with Gasteiger partial charge in [-0.3, -0.25) is 9.59 Å². The van der Waals surface area contributed by atoms with Crippen LogP contribution in [-0.2, 0) is 17.9 Å². The minimum atomic E-state index is -0.143. The second kappa shape index (κ2) is 9.24. The molecule has 0 aliphatic heterocycles. The Hall–Kier alpha value is -3.54. The normalized spacial score (nSPS) is 10.2. The number of amides is 2. The molecule has 2 amide bonds. The summed E-state index contributed by atoms with van der Waals surface area (Å²) in [7, 11) is 0. The van der Waals surface area contributed by atoms with E-state index < -0.39 is 0 Å². The highest BCUT2D eigenvalue weighted by molar-refractivity contribution is 5.94. The fraction of sp³-hybridized carbons (Fsp3) is 0.143. The zero-order chi connectivity index (χ0) is 18.9. The molecule has 138 valence electrons. The lowest BCUT2D eigenvalue weighted by Crippen LogP contribution is -2.29. The first-order chi connectivity index (χ1) is 13.2. The molecule has 0 radical (unpaired) electrons. The first kappa shape index (κ1) is 18.3. The van der Waals surface area contributed by atoms with Crippen molar-refractivity contribution in [1.29, 1.82) is 0 Å². The maximum Gasteiger partial charge on any atom is 0.251 e. The van der Waals surface area contributed by atoms with Crippen molar-refractivity contribution in [3.8, 4) is 0 Å². The molecule has 0 aliphatic carbocycles. The molecule has 0 saturated heterocycles. The highest BCUT2D eigenvalue weighted by Crippen LogP contribution is 2.09. The molecule has 1 heterocycles. The summed E-state index contributed by atoms with van der Waals surface area (Å²) < 4.78 is 5.16. The van der Waals surface area contributed by atoms with Gasteiger partial charge >= 0.3 is 0 Å². The Morgan fingerprint density at radius 2 is 1.59 bits per heavy atom. The number of hydrogen-bond donors (Lipinski definition) is 3. The summed E-state index contributed by atoms with van der Waals surface area (Å²) in [4.78, 5) is 24.0. The molecule has 1 aromatic heterocycles. The van der Waals surface area contributed by atoms with Gasteiger partial charge in [0.25, 0.3) is 5.91 Å². The molecule has 2 aromatic carbocycles. The first-order valence-electron chi connectivity index (χ1n) is 8.66. The van der Waals surface area contributed by atoms with E-state index in [1.807, 2.05) is 30.3 Å².